The van der Waals surface area contributed by atoms with Crippen molar-refractivity contribution in [2.24, 2.45) is 0 Å². The van der Waals surface area contributed by atoms with Gasteiger partial charge in [-0.2, -0.15) is 2.81 Å². The fourth-order valence-electron chi connectivity index (χ4n) is 2.11. The van der Waals surface area contributed by atoms with E-state index in [0.29, 0.717) is 2.81 Å². The maximum absolute atomic E-state index is 3.60. The van der Waals surface area contributed by atoms with Crippen LogP contribution in [0.1, 0.15) is 16.7 Å². The molecule has 0 aromatic heterocycles. The smallest absolute Gasteiger partial charge is 0.248 e. The van der Waals surface area contributed by atoms with E-state index in [9.17, 15) is 0 Å². The summed E-state index contributed by atoms with van der Waals surface area (Å²) in [4.78, 5) is 2.08. The zero-order valence-corrected chi connectivity index (χ0v) is 15.9. The molecule has 19 heavy (non-hydrogen) atoms. The minimum atomic E-state index is 0.194. The largest absolute Gasteiger partial charge is 0.275 e. The number of quaternary nitrogens is 1. The first-order chi connectivity index (χ1) is 8.82. The van der Waals surface area contributed by atoms with Crippen molar-refractivity contribution < 1.29 is 2.81 Å². The summed E-state index contributed by atoms with van der Waals surface area (Å²) < 4.78 is 2.73. The molecule has 1 aromatic carbocycles. The highest BCUT2D eigenvalue weighted by atomic mass is 127. The normalized spacial score (nSPS) is 29.1. The van der Waals surface area contributed by atoms with Gasteiger partial charge in [0, 0.05) is 6.54 Å². The molecule has 1 fully saturated rings. The third kappa shape index (κ3) is 3.41. The lowest BCUT2D eigenvalue weighted by Crippen LogP contribution is -2.54. The molecule has 2 rings (SSSR count). The molecule has 0 bridgehead atoms. The van der Waals surface area contributed by atoms with Crippen LogP contribution in [-0.2, 0) is 6.54 Å². The molecule has 6 heteroatoms. The number of aryl methyl sites for hydroxylation is 2. The van der Waals surface area contributed by atoms with Gasteiger partial charge < -0.3 is 0 Å². The SMILES string of the molecule is Cc1ccc(CN[C@H]2N(C)[C]N(I)[N@@+]2(C)I)cc1C. The highest BCUT2D eigenvalue weighted by Crippen LogP contribution is 2.35. The number of hydrogen-bond acceptors (Lipinski definition) is 3. The number of rotatable bonds is 3. The third-order valence-electron chi connectivity index (χ3n) is 3.46. The van der Waals surface area contributed by atoms with E-state index in [1.807, 2.05) is 10.3 Å². The summed E-state index contributed by atoms with van der Waals surface area (Å²) in [5.74, 6) is 0. The topological polar surface area (TPSA) is 18.5 Å². The molecule has 104 valence electrons. The minimum absolute atomic E-state index is 0.194. The number of hydrogen-bond donors (Lipinski definition) is 1. The Hall–Kier alpha value is 0.520. The van der Waals surface area contributed by atoms with Crippen LogP contribution in [-0.4, -0.2) is 31.3 Å². The van der Waals surface area contributed by atoms with E-state index in [1.54, 1.807) is 0 Å². The molecule has 0 saturated carbocycles. The Bertz CT molecular complexity index is 464. The second kappa shape index (κ2) is 6.10. The Morgan fingerprint density at radius 3 is 2.58 bits per heavy atom. The van der Waals surface area contributed by atoms with Crippen LogP contribution in [0.3, 0.4) is 0 Å². The highest BCUT2D eigenvalue weighted by Gasteiger charge is 2.48. The van der Waals surface area contributed by atoms with Crippen LogP contribution in [0.4, 0.5) is 0 Å². The predicted molar refractivity (Wildman–Crippen MR) is 93.6 cm³/mol. The molecule has 1 aromatic rings. The van der Waals surface area contributed by atoms with Crippen molar-refractivity contribution in [3.8, 4) is 0 Å². The Morgan fingerprint density at radius 2 is 2.05 bits per heavy atom. The van der Waals surface area contributed by atoms with Gasteiger partial charge in [-0.05, 0) is 37.6 Å². The Morgan fingerprint density at radius 1 is 1.37 bits per heavy atom. The van der Waals surface area contributed by atoms with Crippen LogP contribution in [0.5, 0.6) is 0 Å². The molecule has 2 radical (unpaired) electrons. The second-order valence-corrected chi connectivity index (χ2v) is 7.93. The van der Waals surface area contributed by atoms with Crippen LogP contribution in [0, 0.1) is 20.5 Å². The first-order valence-corrected chi connectivity index (χ1v) is 8.06. The monoisotopic (exact) mass is 485 g/mol. The molecule has 1 aliphatic rings. The van der Waals surface area contributed by atoms with Gasteiger partial charge in [-0.3, -0.25) is 0 Å². The fraction of sp³-hybridized carbons (Fsp3) is 0.462. The third-order valence-corrected chi connectivity index (χ3v) is 6.35. The molecule has 1 N–H and O–H groups in total. The van der Waals surface area contributed by atoms with Crippen LogP contribution >= 0.6 is 45.7 Å². The lowest BCUT2D eigenvalue weighted by molar-refractivity contribution is -0.842. The van der Waals surface area contributed by atoms with Crippen molar-refractivity contribution in [1.82, 2.24) is 13.4 Å². The molecule has 0 unspecified atom stereocenters. The van der Waals surface area contributed by atoms with Crippen LogP contribution < -0.4 is 5.32 Å². The van der Waals surface area contributed by atoms with E-state index >= 15 is 0 Å². The molecule has 4 nitrogen and oxygen atoms in total. The molecule has 1 heterocycles. The van der Waals surface area contributed by atoms with Crippen molar-refractivity contribution in [3.63, 3.8) is 0 Å². The van der Waals surface area contributed by atoms with Crippen LogP contribution in [0.25, 0.3) is 0 Å². The number of nitrogens with zero attached hydrogens (tertiary/aromatic N) is 3. The maximum Gasteiger partial charge on any atom is 0.275 e. The van der Waals surface area contributed by atoms with Crippen molar-refractivity contribution in [2.45, 2.75) is 26.7 Å². The van der Waals surface area contributed by atoms with E-state index < -0.39 is 0 Å². The molecule has 1 saturated heterocycles. The van der Waals surface area contributed by atoms with Gasteiger partial charge in [0.05, 0.1) is 29.9 Å². The first kappa shape index (κ1) is 15.9. The summed E-state index contributed by atoms with van der Waals surface area (Å²) in [6.45, 7) is 8.44. The zero-order valence-electron chi connectivity index (χ0n) is 11.6. The van der Waals surface area contributed by atoms with Crippen molar-refractivity contribution in [2.75, 3.05) is 14.1 Å². The Balaban J connectivity index is 2.04. The van der Waals surface area contributed by atoms with Crippen LogP contribution in [0.15, 0.2) is 18.2 Å². The van der Waals surface area contributed by atoms with Gasteiger partial charge in [-0.25, -0.2) is 10.2 Å². The van der Waals surface area contributed by atoms with Gasteiger partial charge >= 0.3 is 0 Å². The standard InChI is InChI=1S/C13H19I2N4/c1-10-5-6-12(7-11(10)2)8-16-13-17(3)9-18(14)19(13,4)15/h5-7,13,16H,8H2,1-4H3/q+1/t13-,19+/m0/s1. The van der Waals surface area contributed by atoms with Gasteiger partial charge in [0.15, 0.2) is 0 Å². The molecule has 2 atom stereocenters. The van der Waals surface area contributed by atoms with E-state index in [0.717, 1.165) is 6.54 Å². The summed E-state index contributed by atoms with van der Waals surface area (Å²) in [5.41, 5.74) is 4.01. The van der Waals surface area contributed by atoms with Gasteiger partial charge in [0.2, 0.25) is 13.0 Å². The highest BCUT2D eigenvalue weighted by molar-refractivity contribution is 14.1. The van der Waals surface area contributed by atoms with E-state index in [4.69, 9.17) is 0 Å². The molecular formula is C13H19I2N4+. The molecule has 0 spiro atoms. The lowest BCUT2D eigenvalue weighted by Gasteiger charge is -2.31. The van der Waals surface area contributed by atoms with Gasteiger partial charge in [-0.15, -0.1) is 0 Å². The van der Waals surface area contributed by atoms with E-state index in [1.165, 1.54) is 16.7 Å². The zero-order chi connectivity index (χ0) is 14.2. The molecule has 0 aliphatic carbocycles. The van der Waals surface area contributed by atoms with Gasteiger partial charge in [0.1, 0.15) is 0 Å². The molecule has 1 aliphatic heterocycles. The van der Waals surface area contributed by atoms with E-state index in [2.05, 4.69) is 102 Å². The van der Waals surface area contributed by atoms with Gasteiger partial charge in [0.25, 0.3) is 22.9 Å². The van der Waals surface area contributed by atoms with Crippen molar-refractivity contribution >= 4 is 45.7 Å². The first-order valence-electron chi connectivity index (χ1n) is 6.13. The summed E-state index contributed by atoms with van der Waals surface area (Å²) in [7, 11) is 4.20. The summed E-state index contributed by atoms with van der Waals surface area (Å²) in [6.07, 6.45) is 0.194. The lowest BCUT2D eigenvalue weighted by atomic mass is 10.1. The van der Waals surface area contributed by atoms with Crippen molar-refractivity contribution in [1.29, 1.82) is 0 Å². The number of halogens is 2. The summed E-state index contributed by atoms with van der Waals surface area (Å²) in [5, 5.41) is 3.60. The average molecular weight is 485 g/mol. The fourth-order valence-corrected chi connectivity index (χ4v) is 3.35. The minimum Gasteiger partial charge on any atom is -0.248 e. The predicted octanol–water partition coefficient (Wildman–Crippen LogP) is 2.98. The average Bonchev–Trinajstić information content (AvgIpc) is 2.51. The summed E-state index contributed by atoms with van der Waals surface area (Å²) in [6, 6.07) is 6.63. The second-order valence-electron chi connectivity index (χ2n) is 5.06. The van der Waals surface area contributed by atoms with E-state index in [-0.39, 0.29) is 6.29 Å². The summed E-state index contributed by atoms with van der Waals surface area (Å²) >= 11 is 4.69. The maximum atomic E-state index is 3.60. The van der Waals surface area contributed by atoms with Crippen molar-refractivity contribution in [3.05, 3.63) is 41.6 Å². The quantitative estimate of drug-likeness (QED) is 0.525. The van der Waals surface area contributed by atoms with Gasteiger partial charge in [-0.1, -0.05) is 21.4 Å². The Labute approximate surface area is 143 Å². The molecular weight excluding hydrogens is 466 g/mol. The van der Waals surface area contributed by atoms with Crippen LogP contribution in [0.2, 0.25) is 0 Å². The Kier molecular flexibility index (Phi) is 5.11. The number of nitrogens with one attached hydrogen (secondary N) is 1. The number of benzene rings is 1. The molecule has 0 amide bonds.